The molecule has 1 aromatic rings. The van der Waals surface area contributed by atoms with Gasteiger partial charge in [0.05, 0.1) is 0 Å². The summed E-state index contributed by atoms with van der Waals surface area (Å²) in [5.74, 6) is -1.41. The number of aromatic hydroxyl groups is 2. The van der Waals surface area contributed by atoms with E-state index in [1.54, 1.807) is 0 Å². The van der Waals surface area contributed by atoms with Gasteiger partial charge in [0, 0.05) is 13.1 Å². The van der Waals surface area contributed by atoms with Gasteiger partial charge in [-0.2, -0.15) is 10.2 Å². The van der Waals surface area contributed by atoms with Gasteiger partial charge in [-0.1, -0.05) is 0 Å². The topological polar surface area (TPSA) is 114 Å². The third-order valence-electron chi connectivity index (χ3n) is 1.93. The number of imide groups is 1. The molecular formula is C11H9N3O4. The summed E-state index contributed by atoms with van der Waals surface area (Å²) in [4.78, 5) is 25.8. The molecule has 0 saturated carbocycles. The summed E-state index contributed by atoms with van der Waals surface area (Å²) in [6.45, 7) is 1.06. The number of benzene rings is 1. The Kier molecular flexibility index (Phi) is 3.99. The van der Waals surface area contributed by atoms with E-state index in [0.717, 1.165) is 13.1 Å². The molecule has 0 aliphatic heterocycles. The number of hydrogen-bond donors (Lipinski definition) is 2. The SMILES string of the molecule is CC(=O)N(C#N)C(=O)N=Cc1ccc(O)c(O)c1. The zero-order valence-corrected chi connectivity index (χ0v) is 9.36. The maximum absolute atomic E-state index is 11.3. The molecule has 18 heavy (non-hydrogen) atoms. The van der Waals surface area contributed by atoms with Crippen LogP contribution in [0.25, 0.3) is 0 Å². The number of phenolic OH excluding ortho intramolecular Hbond substituents is 2. The lowest BCUT2D eigenvalue weighted by atomic mass is 10.2. The van der Waals surface area contributed by atoms with Crippen LogP contribution >= 0.6 is 0 Å². The molecule has 0 aliphatic carbocycles. The standard InChI is InChI=1S/C11H9N3O4/c1-7(15)14(6-12)11(18)13-5-8-2-3-9(16)10(17)4-8/h2-5,16-17H,1H3. The Bertz CT molecular complexity index is 560. The van der Waals surface area contributed by atoms with E-state index in [4.69, 9.17) is 10.4 Å². The van der Waals surface area contributed by atoms with Gasteiger partial charge < -0.3 is 10.2 Å². The van der Waals surface area contributed by atoms with Crippen LogP contribution in [-0.2, 0) is 4.79 Å². The maximum Gasteiger partial charge on any atom is 0.363 e. The maximum atomic E-state index is 11.3. The molecule has 0 atom stereocenters. The molecule has 0 unspecified atom stereocenters. The van der Waals surface area contributed by atoms with Crippen LogP contribution in [-0.4, -0.2) is 33.3 Å². The van der Waals surface area contributed by atoms with Crippen LogP contribution in [0.5, 0.6) is 11.5 Å². The fourth-order valence-corrected chi connectivity index (χ4v) is 1.06. The lowest BCUT2D eigenvalue weighted by Crippen LogP contribution is -2.27. The lowest BCUT2D eigenvalue weighted by Gasteiger charge is -2.04. The molecule has 0 aliphatic rings. The molecule has 1 aromatic carbocycles. The molecular weight excluding hydrogens is 238 g/mol. The van der Waals surface area contributed by atoms with Crippen molar-refractivity contribution in [3.63, 3.8) is 0 Å². The van der Waals surface area contributed by atoms with Gasteiger partial charge in [0.1, 0.15) is 0 Å². The number of nitriles is 1. The third kappa shape index (κ3) is 3.05. The molecule has 0 aromatic heterocycles. The van der Waals surface area contributed by atoms with Crippen molar-refractivity contribution in [2.45, 2.75) is 6.92 Å². The number of hydrogen-bond acceptors (Lipinski definition) is 5. The first-order valence-corrected chi connectivity index (χ1v) is 4.76. The number of phenols is 2. The van der Waals surface area contributed by atoms with Crippen molar-refractivity contribution in [2.75, 3.05) is 0 Å². The van der Waals surface area contributed by atoms with Crippen LogP contribution < -0.4 is 0 Å². The smallest absolute Gasteiger partial charge is 0.363 e. The Morgan fingerprint density at radius 1 is 1.39 bits per heavy atom. The van der Waals surface area contributed by atoms with E-state index in [2.05, 4.69) is 4.99 Å². The Labute approximate surface area is 102 Å². The van der Waals surface area contributed by atoms with Crippen molar-refractivity contribution in [2.24, 2.45) is 4.99 Å². The highest BCUT2D eigenvalue weighted by Gasteiger charge is 2.15. The summed E-state index contributed by atoms with van der Waals surface area (Å²) >= 11 is 0. The Morgan fingerprint density at radius 2 is 2.06 bits per heavy atom. The number of rotatable bonds is 1. The van der Waals surface area contributed by atoms with Crippen LogP contribution in [0, 0.1) is 11.5 Å². The second kappa shape index (κ2) is 5.45. The van der Waals surface area contributed by atoms with Gasteiger partial charge in [0.15, 0.2) is 17.7 Å². The second-order valence-electron chi connectivity index (χ2n) is 3.24. The fraction of sp³-hybridized carbons (Fsp3) is 0.0909. The number of amides is 3. The van der Waals surface area contributed by atoms with Crippen molar-refractivity contribution in [3.8, 4) is 17.7 Å². The predicted molar refractivity (Wildman–Crippen MR) is 60.9 cm³/mol. The van der Waals surface area contributed by atoms with Crippen molar-refractivity contribution in [1.82, 2.24) is 4.90 Å². The summed E-state index contributed by atoms with van der Waals surface area (Å²) in [5, 5.41) is 26.8. The summed E-state index contributed by atoms with van der Waals surface area (Å²) < 4.78 is 0. The minimum atomic E-state index is -1.03. The quantitative estimate of drug-likeness (QED) is 0.332. The molecule has 1 rings (SSSR count). The van der Waals surface area contributed by atoms with Gasteiger partial charge in [-0.25, -0.2) is 9.79 Å². The molecule has 7 nitrogen and oxygen atoms in total. The summed E-state index contributed by atoms with van der Waals surface area (Å²) in [6, 6.07) is 2.76. The molecule has 0 spiro atoms. The zero-order chi connectivity index (χ0) is 13.7. The van der Waals surface area contributed by atoms with E-state index in [0.29, 0.717) is 5.56 Å². The average molecular weight is 247 g/mol. The average Bonchev–Trinajstić information content (AvgIpc) is 2.31. The number of carbonyl (C=O) groups is 2. The van der Waals surface area contributed by atoms with Crippen LogP contribution in [0.4, 0.5) is 4.79 Å². The largest absolute Gasteiger partial charge is 0.504 e. The lowest BCUT2D eigenvalue weighted by molar-refractivity contribution is -0.123. The first kappa shape index (κ1) is 13.2. The van der Waals surface area contributed by atoms with Gasteiger partial charge in [-0.3, -0.25) is 4.79 Å². The molecule has 3 amide bonds. The van der Waals surface area contributed by atoms with E-state index in [1.807, 2.05) is 0 Å². The normalized spacial score (nSPS) is 10.0. The van der Waals surface area contributed by atoms with Gasteiger partial charge in [-0.05, 0) is 23.8 Å². The fourth-order valence-electron chi connectivity index (χ4n) is 1.06. The van der Waals surface area contributed by atoms with Crippen molar-refractivity contribution >= 4 is 18.2 Å². The van der Waals surface area contributed by atoms with Crippen molar-refractivity contribution < 1.29 is 19.8 Å². The molecule has 7 heteroatoms. The highest BCUT2D eigenvalue weighted by atomic mass is 16.3. The Hall–Kier alpha value is -2.88. The number of carbonyl (C=O) groups excluding carboxylic acids is 2. The molecule has 2 N–H and O–H groups in total. The Morgan fingerprint density at radius 3 is 2.56 bits per heavy atom. The van der Waals surface area contributed by atoms with Gasteiger partial charge in [0.2, 0.25) is 5.91 Å². The van der Waals surface area contributed by atoms with Gasteiger partial charge in [0.25, 0.3) is 0 Å². The molecule has 0 saturated heterocycles. The molecule has 0 radical (unpaired) electrons. The summed E-state index contributed by atoms with van der Waals surface area (Å²) in [6.07, 6.45) is 2.45. The number of nitrogens with zero attached hydrogens (tertiary/aromatic N) is 3. The van der Waals surface area contributed by atoms with Crippen molar-refractivity contribution in [3.05, 3.63) is 23.8 Å². The highest BCUT2D eigenvalue weighted by molar-refractivity contribution is 6.00. The molecule has 0 fully saturated rings. The summed E-state index contributed by atoms with van der Waals surface area (Å²) in [7, 11) is 0. The predicted octanol–water partition coefficient (Wildman–Crippen LogP) is 0.966. The van der Waals surface area contributed by atoms with E-state index < -0.39 is 11.9 Å². The van der Waals surface area contributed by atoms with Gasteiger partial charge in [-0.15, -0.1) is 0 Å². The first-order chi connectivity index (χ1) is 8.45. The summed E-state index contributed by atoms with van der Waals surface area (Å²) in [5.41, 5.74) is 0.333. The number of aliphatic imine (C=N–C) groups is 1. The minimum absolute atomic E-state index is 0.288. The highest BCUT2D eigenvalue weighted by Crippen LogP contribution is 2.23. The van der Waals surface area contributed by atoms with Crippen LogP contribution in [0.3, 0.4) is 0 Å². The van der Waals surface area contributed by atoms with Gasteiger partial charge >= 0.3 is 6.03 Å². The third-order valence-corrected chi connectivity index (χ3v) is 1.93. The van der Waals surface area contributed by atoms with E-state index in [1.165, 1.54) is 24.4 Å². The molecule has 0 bridgehead atoms. The van der Waals surface area contributed by atoms with Crippen LogP contribution in [0.15, 0.2) is 23.2 Å². The second-order valence-corrected chi connectivity index (χ2v) is 3.24. The van der Waals surface area contributed by atoms with Crippen molar-refractivity contribution in [1.29, 1.82) is 5.26 Å². The van der Waals surface area contributed by atoms with E-state index >= 15 is 0 Å². The number of urea groups is 1. The van der Waals surface area contributed by atoms with E-state index in [-0.39, 0.29) is 16.4 Å². The minimum Gasteiger partial charge on any atom is -0.504 e. The van der Waals surface area contributed by atoms with Crippen LogP contribution in [0.2, 0.25) is 0 Å². The monoisotopic (exact) mass is 247 g/mol. The molecule has 0 heterocycles. The zero-order valence-electron chi connectivity index (χ0n) is 9.36. The first-order valence-electron chi connectivity index (χ1n) is 4.76. The molecule has 92 valence electrons. The Balaban J connectivity index is 2.87. The van der Waals surface area contributed by atoms with Crippen LogP contribution in [0.1, 0.15) is 12.5 Å². The van der Waals surface area contributed by atoms with E-state index in [9.17, 15) is 14.7 Å².